The summed E-state index contributed by atoms with van der Waals surface area (Å²) < 4.78 is 12.5. The third kappa shape index (κ3) is 6.19. The van der Waals surface area contributed by atoms with Crippen molar-refractivity contribution >= 4 is 34.2 Å². The maximum Gasteiger partial charge on any atom is 0.250 e. The van der Waals surface area contributed by atoms with Gasteiger partial charge in [0.05, 0.1) is 25.8 Å². The molecular formula is C33H38N6O4. The lowest BCUT2D eigenvalue weighted by molar-refractivity contribution is -0.149. The normalized spacial score (nSPS) is 16.5. The van der Waals surface area contributed by atoms with E-state index in [0.717, 1.165) is 60.4 Å². The Labute approximate surface area is 251 Å². The zero-order valence-electron chi connectivity index (χ0n) is 24.6. The number of hydrogen-bond donors (Lipinski definition) is 1. The molecule has 2 fully saturated rings. The molecule has 1 N–H and O–H groups in total. The quantitative estimate of drug-likeness (QED) is 0.307. The third-order valence-electron chi connectivity index (χ3n) is 8.63. The Hall–Kier alpha value is -4.44. The van der Waals surface area contributed by atoms with Gasteiger partial charge in [0.2, 0.25) is 11.8 Å². The van der Waals surface area contributed by atoms with E-state index >= 15 is 0 Å². The molecule has 2 amide bonds. The second-order valence-corrected chi connectivity index (χ2v) is 11.3. The maximum absolute atomic E-state index is 14.3. The number of hydrogen-bond acceptors (Lipinski definition) is 7. The van der Waals surface area contributed by atoms with Crippen LogP contribution in [0, 0.1) is 0 Å². The van der Waals surface area contributed by atoms with Gasteiger partial charge in [-0.3, -0.25) is 9.59 Å². The fourth-order valence-corrected chi connectivity index (χ4v) is 6.22. The molecule has 224 valence electrons. The molecule has 2 aliphatic rings. The van der Waals surface area contributed by atoms with E-state index in [0.29, 0.717) is 38.3 Å². The zero-order valence-corrected chi connectivity index (χ0v) is 24.6. The number of carbonyl (C=O) groups is 2. The summed E-state index contributed by atoms with van der Waals surface area (Å²) in [7, 11) is 1.63. The van der Waals surface area contributed by atoms with Gasteiger partial charge in [0.25, 0.3) is 0 Å². The van der Waals surface area contributed by atoms with Gasteiger partial charge < -0.3 is 24.6 Å². The van der Waals surface area contributed by atoms with Crippen molar-refractivity contribution in [3.8, 4) is 5.75 Å². The molecule has 1 saturated heterocycles. The number of nitrogens with zero attached hydrogens (tertiary/aromatic N) is 5. The summed E-state index contributed by atoms with van der Waals surface area (Å²) in [4.78, 5) is 32.7. The van der Waals surface area contributed by atoms with Gasteiger partial charge in [-0.1, -0.05) is 48.7 Å². The van der Waals surface area contributed by atoms with E-state index in [4.69, 9.17) is 9.47 Å². The average molecular weight is 583 g/mol. The van der Waals surface area contributed by atoms with Crippen LogP contribution in [0.4, 0.5) is 11.4 Å². The summed E-state index contributed by atoms with van der Waals surface area (Å²) in [5.41, 5.74) is 3.24. The summed E-state index contributed by atoms with van der Waals surface area (Å²) in [6.45, 7) is 3.39. The molecule has 2 heterocycles. The predicted molar refractivity (Wildman–Crippen MR) is 165 cm³/mol. The highest BCUT2D eigenvalue weighted by atomic mass is 16.5. The molecule has 0 atom stereocenters. The van der Waals surface area contributed by atoms with Crippen LogP contribution in [0.5, 0.6) is 5.75 Å². The highest BCUT2D eigenvalue weighted by Gasteiger charge is 2.47. The first kappa shape index (κ1) is 28.7. The fourth-order valence-electron chi connectivity index (χ4n) is 6.22. The fraction of sp³-hybridized carbons (Fsp3) is 0.394. The molecule has 4 aromatic rings. The van der Waals surface area contributed by atoms with Crippen molar-refractivity contribution in [2.24, 2.45) is 0 Å². The molecule has 0 radical (unpaired) electrons. The van der Waals surface area contributed by atoms with Gasteiger partial charge in [0, 0.05) is 31.0 Å². The van der Waals surface area contributed by atoms with Gasteiger partial charge in [0.1, 0.15) is 23.3 Å². The number of para-hydroxylation sites is 1. The lowest BCUT2D eigenvalue weighted by Crippen LogP contribution is -2.60. The number of ether oxygens (including phenoxy) is 2. The van der Waals surface area contributed by atoms with E-state index in [9.17, 15) is 9.59 Å². The molecule has 3 aromatic carbocycles. The van der Waals surface area contributed by atoms with Gasteiger partial charge in [-0.05, 0) is 66.9 Å². The van der Waals surface area contributed by atoms with Gasteiger partial charge in [-0.15, -0.1) is 5.10 Å². The monoisotopic (exact) mass is 582 g/mol. The van der Waals surface area contributed by atoms with Crippen LogP contribution in [0.1, 0.15) is 37.7 Å². The Morgan fingerprint density at radius 1 is 0.953 bits per heavy atom. The Morgan fingerprint density at radius 3 is 2.40 bits per heavy atom. The van der Waals surface area contributed by atoms with Gasteiger partial charge >= 0.3 is 0 Å². The summed E-state index contributed by atoms with van der Waals surface area (Å²) >= 11 is 0. The van der Waals surface area contributed by atoms with Crippen molar-refractivity contribution < 1.29 is 19.1 Å². The minimum absolute atomic E-state index is 0.0139. The lowest BCUT2D eigenvalue weighted by atomic mass is 9.78. The van der Waals surface area contributed by atoms with E-state index in [1.54, 1.807) is 16.7 Å². The number of carbonyl (C=O) groups excluding carboxylic acids is 2. The lowest BCUT2D eigenvalue weighted by Gasteiger charge is -2.45. The number of morpholine rings is 1. The first-order valence-corrected chi connectivity index (χ1v) is 15.0. The van der Waals surface area contributed by atoms with Crippen LogP contribution in [0.15, 0.2) is 72.8 Å². The molecule has 6 rings (SSSR count). The van der Waals surface area contributed by atoms with E-state index in [1.807, 2.05) is 72.8 Å². The number of anilines is 2. The predicted octanol–water partition coefficient (Wildman–Crippen LogP) is 4.65. The smallest absolute Gasteiger partial charge is 0.250 e. The number of methoxy groups -OCH3 is 1. The first-order chi connectivity index (χ1) is 21.1. The summed E-state index contributed by atoms with van der Waals surface area (Å²) in [6, 6.07) is 23.2. The van der Waals surface area contributed by atoms with Crippen LogP contribution in [0.3, 0.4) is 0 Å². The number of amides is 2. The summed E-state index contributed by atoms with van der Waals surface area (Å²) in [5.74, 6) is 0.407. The highest BCUT2D eigenvalue weighted by Crippen LogP contribution is 2.37. The average Bonchev–Trinajstić information content (AvgIpc) is 3.47. The van der Waals surface area contributed by atoms with Crippen molar-refractivity contribution in [2.45, 2.75) is 50.7 Å². The molecule has 10 heteroatoms. The van der Waals surface area contributed by atoms with Crippen LogP contribution in [0.2, 0.25) is 0 Å². The van der Waals surface area contributed by atoms with Crippen LogP contribution in [-0.4, -0.2) is 70.7 Å². The molecule has 0 bridgehead atoms. The Kier molecular flexibility index (Phi) is 8.55. The van der Waals surface area contributed by atoms with Crippen molar-refractivity contribution in [1.29, 1.82) is 0 Å². The standard InChI is InChI=1S/C33H38N6O4/c1-42-28-15-9-25(10-16-28)23-38(31(40)24-39-30-8-4-3-7-29(30)35-36-39)33(17-5-2-6-18-33)32(41)34-26-11-13-27(14-12-26)37-19-21-43-22-20-37/h3-4,7-16H,2,5-6,17-24H2,1H3,(H,34,41). The van der Waals surface area contributed by atoms with E-state index in [1.165, 1.54) is 0 Å². The highest BCUT2D eigenvalue weighted by molar-refractivity contribution is 6.00. The molecule has 0 unspecified atom stereocenters. The second kappa shape index (κ2) is 12.8. The summed E-state index contributed by atoms with van der Waals surface area (Å²) in [5, 5.41) is 11.7. The number of benzene rings is 3. The van der Waals surface area contributed by atoms with Crippen LogP contribution in [0.25, 0.3) is 11.0 Å². The molecule has 10 nitrogen and oxygen atoms in total. The third-order valence-corrected chi connectivity index (χ3v) is 8.63. The van der Waals surface area contributed by atoms with Crippen molar-refractivity contribution in [3.63, 3.8) is 0 Å². The van der Waals surface area contributed by atoms with E-state index in [-0.39, 0.29) is 18.4 Å². The minimum atomic E-state index is -1.01. The van der Waals surface area contributed by atoms with Crippen LogP contribution in [-0.2, 0) is 27.4 Å². The number of nitrogens with one attached hydrogen (secondary N) is 1. The number of fused-ring (bicyclic) bond motifs is 1. The van der Waals surface area contributed by atoms with Gasteiger partial charge in [-0.2, -0.15) is 0 Å². The second-order valence-electron chi connectivity index (χ2n) is 11.3. The van der Waals surface area contributed by atoms with Crippen molar-refractivity contribution in [1.82, 2.24) is 19.9 Å². The molecule has 1 aliphatic heterocycles. The Balaban J connectivity index is 1.30. The number of rotatable bonds is 9. The van der Waals surface area contributed by atoms with Gasteiger partial charge in [0.15, 0.2) is 0 Å². The molecule has 43 heavy (non-hydrogen) atoms. The molecular weight excluding hydrogens is 544 g/mol. The Morgan fingerprint density at radius 2 is 1.67 bits per heavy atom. The van der Waals surface area contributed by atoms with E-state index in [2.05, 4.69) is 20.5 Å². The molecule has 1 saturated carbocycles. The van der Waals surface area contributed by atoms with Crippen LogP contribution < -0.4 is 15.0 Å². The Bertz CT molecular complexity index is 1540. The molecule has 1 aromatic heterocycles. The van der Waals surface area contributed by atoms with Crippen molar-refractivity contribution in [3.05, 3.63) is 78.4 Å². The summed E-state index contributed by atoms with van der Waals surface area (Å²) in [6.07, 6.45) is 3.93. The molecule has 1 aliphatic carbocycles. The maximum atomic E-state index is 14.3. The van der Waals surface area contributed by atoms with Crippen molar-refractivity contribution in [2.75, 3.05) is 43.6 Å². The van der Waals surface area contributed by atoms with E-state index < -0.39 is 5.54 Å². The molecule has 0 spiro atoms. The minimum Gasteiger partial charge on any atom is -0.497 e. The van der Waals surface area contributed by atoms with Gasteiger partial charge in [-0.25, -0.2) is 4.68 Å². The topological polar surface area (TPSA) is 102 Å². The van der Waals surface area contributed by atoms with Crippen LogP contribution >= 0.6 is 0 Å². The number of aromatic nitrogens is 3. The first-order valence-electron chi connectivity index (χ1n) is 15.0. The zero-order chi connectivity index (χ0) is 29.6. The largest absolute Gasteiger partial charge is 0.497 e. The SMILES string of the molecule is COc1ccc(CN(C(=O)Cn2nnc3ccccc32)C2(C(=O)Nc3ccc(N4CCOCC4)cc3)CCCCC2)cc1.